The van der Waals surface area contributed by atoms with Crippen LogP contribution in [0.3, 0.4) is 0 Å². The minimum absolute atomic E-state index is 0.0133. The number of ether oxygens (including phenoxy) is 1. The molecule has 0 unspecified atom stereocenters. The Balaban J connectivity index is 2.23. The fourth-order valence-electron chi connectivity index (χ4n) is 4.77. The molecule has 4 atom stereocenters. The summed E-state index contributed by atoms with van der Waals surface area (Å²) in [5.74, 6) is 1.12. The Morgan fingerprint density at radius 3 is 2.71 bits per heavy atom. The standard InChI is InChI=1S/C15H22O2/c1-10-6-5-9-15-12(16)8-7-11(14(10,15)4)13(2,3)17-15/h7-8,10-11H,5-6,9H2,1-4H3/t10-,11+,14-,15+/m1/s1. The second kappa shape index (κ2) is 3.03. The number of rotatable bonds is 0. The predicted octanol–water partition coefficient (Wildman–Crippen LogP) is 3.12. The Hall–Kier alpha value is -0.630. The molecule has 1 saturated heterocycles. The van der Waals surface area contributed by atoms with Gasteiger partial charge >= 0.3 is 0 Å². The van der Waals surface area contributed by atoms with Crippen molar-refractivity contribution in [1.29, 1.82) is 0 Å². The molecule has 3 rings (SSSR count). The molecular formula is C15H22O2. The van der Waals surface area contributed by atoms with Crippen LogP contribution in [0.5, 0.6) is 0 Å². The van der Waals surface area contributed by atoms with E-state index in [1.54, 1.807) is 6.08 Å². The average Bonchev–Trinajstić information content (AvgIpc) is 2.34. The molecule has 0 aromatic carbocycles. The van der Waals surface area contributed by atoms with E-state index in [-0.39, 0.29) is 16.8 Å². The van der Waals surface area contributed by atoms with Crippen LogP contribution in [0.4, 0.5) is 0 Å². The minimum atomic E-state index is -0.534. The first kappa shape index (κ1) is 11.5. The first-order chi connectivity index (χ1) is 7.84. The van der Waals surface area contributed by atoms with Crippen LogP contribution in [-0.2, 0) is 9.53 Å². The highest BCUT2D eigenvalue weighted by Gasteiger charge is 2.71. The van der Waals surface area contributed by atoms with Crippen molar-refractivity contribution in [3.8, 4) is 0 Å². The van der Waals surface area contributed by atoms with Crippen molar-refractivity contribution >= 4 is 5.78 Å². The van der Waals surface area contributed by atoms with Gasteiger partial charge in [0.2, 0.25) is 0 Å². The fraction of sp³-hybridized carbons (Fsp3) is 0.800. The third-order valence-electron chi connectivity index (χ3n) is 5.73. The van der Waals surface area contributed by atoms with E-state index in [4.69, 9.17) is 4.74 Å². The van der Waals surface area contributed by atoms with E-state index < -0.39 is 5.60 Å². The zero-order valence-corrected chi connectivity index (χ0v) is 11.2. The summed E-state index contributed by atoms with van der Waals surface area (Å²) in [4.78, 5) is 12.4. The van der Waals surface area contributed by atoms with Crippen LogP contribution < -0.4 is 0 Å². The lowest BCUT2D eigenvalue weighted by molar-refractivity contribution is -0.167. The molecule has 0 aromatic heterocycles. The molecule has 2 fully saturated rings. The summed E-state index contributed by atoms with van der Waals surface area (Å²) in [5.41, 5.74) is -0.760. The van der Waals surface area contributed by atoms with Crippen LogP contribution in [0, 0.1) is 17.3 Å². The van der Waals surface area contributed by atoms with Crippen LogP contribution in [0.1, 0.15) is 47.0 Å². The van der Waals surface area contributed by atoms with E-state index in [9.17, 15) is 4.79 Å². The SMILES string of the molecule is C[C@@H]1CCC[C@]23OC(C)(C)[C@H](C=CC2=O)[C@@]13C. The van der Waals surface area contributed by atoms with Gasteiger partial charge in [-0.15, -0.1) is 0 Å². The largest absolute Gasteiger partial charge is 0.360 e. The minimum Gasteiger partial charge on any atom is -0.360 e. The molecule has 17 heavy (non-hydrogen) atoms. The van der Waals surface area contributed by atoms with Crippen LogP contribution in [0.15, 0.2) is 12.2 Å². The van der Waals surface area contributed by atoms with Gasteiger partial charge < -0.3 is 4.74 Å². The van der Waals surface area contributed by atoms with E-state index in [1.807, 2.05) is 0 Å². The zero-order valence-electron chi connectivity index (χ0n) is 11.2. The van der Waals surface area contributed by atoms with Crippen LogP contribution in [0.2, 0.25) is 0 Å². The van der Waals surface area contributed by atoms with Gasteiger partial charge in [0.15, 0.2) is 5.78 Å². The highest BCUT2D eigenvalue weighted by atomic mass is 16.5. The van der Waals surface area contributed by atoms with Gasteiger partial charge in [-0.3, -0.25) is 4.79 Å². The number of carbonyl (C=O) groups is 1. The summed E-state index contributed by atoms with van der Waals surface area (Å²) >= 11 is 0. The molecule has 2 heteroatoms. The quantitative estimate of drug-likeness (QED) is 0.643. The fourth-order valence-corrected chi connectivity index (χ4v) is 4.77. The summed E-state index contributed by atoms with van der Waals surface area (Å²) in [6.07, 6.45) is 7.11. The van der Waals surface area contributed by atoms with Gasteiger partial charge in [-0.1, -0.05) is 19.9 Å². The zero-order chi connectivity index (χ0) is 12.5. The second-order valence-electron chi connectivity index (χ2n) is 6.81. The smallest absolute Gasteiger partial charge is 0.187 e. The highest BCUT2D eigenvalue weighted by Crippen LogP contribution is 2.66. The van der Waals surface area contributed by atoms with E-state index in [0.717, 1.165) is 12.8 Å². The Bertz CT molecular complexity index is 409. The average molecular weight is 234 g/mol. The topological polar surface area (TPSA) is 26.3 Å². The van der Waals surface area contributed by atoms with Crippen molar-refractivity contribution in [1.82, 2.24) is 0 Å². The molecule has 2 aliphatic carbocycles. The molecule has 3 aliphatic rings. The molecule has 2 nitrogen and oxygen atoms in total. The van der Waals surface area contributed by atoms with E-state index >= 15 is 0 Å². The van der Waals surface area contributed by atoms with Crippen molar-refractivity contribution < 1.29 is 9.53 Å². The number of hydrogen-bond acceptors (Lipinski definition) is 2. The van der Waals surface area contributed by atoms with Crippen molar-refractivity contribution in [3.63, 3.8) is 0 Å². The van der Waals surface area contributed by atoms with E-state index in [2.05, 4.69) is 33.8 Å². The predicted molar refractivity (Wildman–Crippen MR) is 66.7 cm³/mol. The third kappa shape index (κ3) is 1.08. The van der Waals surface area contributed by atoms with Gasteiger partial charge in [0.1, 0.15) is 5.60 Å². The molecule has 0 amide bonds. The van der Waals surface area contributed by atoms with Crippen molar-refractivity contribution in [3.05, 3.63) is 12.2 Å². The Kier molecular flexibility index (Phi) is 2.04. The van der Waals surface area contributed by atoms with E-state index in [1.165, 1.54) is 6.42 Å². The van der Waals surface area contributed by atoms with Crippen molar-refractivity contribution in [2.24, 2.45) is 17.3 Å². The maximum atomic E-state index is 12.4. The summed E-state index contributed by atoms with van der Waals surface area (Å²) in [6.45, 7) is 8.84. The number of hydrogen-bond donors (Lipinski definition) is 0. The lowest BCUT2D eigenvalue weighted by atomic mass is 9.50. The molecule has 0 spiro atoms. The first-order valence-corrected chi connectivity index (χ1v) is 6.77. The first-order valence-electron chi connectivity index (χ1n) is 6.77. The Labute approximate surface area is 103 Å². The molecule has 0 aromatic rings. The maximum Gasteiger partial charge on any atom is 0.187 e. The Morgan fingerprint density at radius 2 is 2.06 bits per heavy atom. The van der Waals surface area contributed by atoms with Gasteiger partial charge in [0, 0.05) is 11.3 Å². The summed E-state index contributed by atoms with van der Waals surface area (Å²) < 4.78 is 6.34. The maximum absolute atomic E-state index is 12.4. The molecule has 0 N–H and O–H groups in total. The molecule has 94 valence electrons. The van der Waals surface area contributed by atoms with Crippen molar-refractivity contribution in [2.75, 3.05) is 0 Å². The summed E-state index contributed by atoms with van der Waals surface area (Å²) in [6, 6.07) is 0. The monoisotopic (exact) mass is 234 g/mol. The number of ketones is 1. The summed E-state index contributed by atoms with van der Waals surface area (Å²) in [7, 11) is 0. The van der Waals surface area contributed by atoms with Crippen molar-refractivity contribution in [2.45, 2.75) is 58.2 Å². The number of carbonyl (C=O) groups excluding carboxylic acids is 1. The molecule has 1 heterocycles. The molecule has 0 radical (unpaired) electrons. The van der Waals surface area contributed by atoms with Gasteiger partial charge in [-0.2, -0.15) is 0 Å². The van der Waals surface area contributed by atoms with Gasteiger partial charge in [-0.05, 0) is 45.1 Å². The van der Waals surface area contributed by atoms with Crippen LogP contribution in [0.25, 0.3) is 0 Å². The highest BCUT2D eigenvalue weighted by molar-refractivity contribution is 5.99. The molecule has 1 aliphatic heterocycles. The lowest BCUT2D eigenvalue weighted by Gasteiger charge is -2.51. The van der Waals surface area contributed by atoms with Crippen LogP contribution in [-0.4, -0.2) is 17.0 Å². The van der Waals surface area contributed by atoms with Gasteiger partial charge in [0.25, 0.3) is 0 Å². The lowest BCUT2D eigenvalue weighted by Crippen LogP contribution is -2.58. The Morgan fingerprint density at radius 1 is 1.35 bits per heavy atom. The summed E-state index contributed by atoms with van der Waals surface area (Å²) in [5, 5.41) is 0. The van der Waals surface area contributed by atoms with Crippen LogP contribution >= 0.6 is 0 Å². The van der Waals surface area contributed by atoms with E-state index in [0.29, 0.717) is 11.8 Å². The normalized spacial score (nSPS) is 51.4. The molecule has 2 bridgehead atoms. The second-order valence-corrected chi connectivity index (χ2v) is 6.81. The van der Waals surface area contributed by atoms with Gasteiger partial charge in [-0.25, -0.2) is 0 Å². The molecular weight excluding hydrogens is 212 g/mol. The molecule has 1 saturated carbocycles. The third-order valence-corrected chi connectivity index (χ3v) is 5.73. The van der Waals surface area contributed by atoms with Gasteiger partial charge in [0.05, 0.1) is 5.60 Å².